The van der Waals surface area contributed by atoms with Gasteiger partial charge in [-0.05, 0) is 52.1 Å². The normalized spacial score (nSPS) is 28.6. The minimum atomic E-state index is 0.197. The lowest BCUT2D eigenvalue weighted by molar-refractivity contribution is 0.125. The Labute approximate surface area is 107 Å². The van der Waals surface area contributed by atoms with Crippen molar-refractivity contribution in [3.05, 3.63) is 0 Å². The Kier molecular flexibility index (Phi) is 5.42. The van der Waals surface area contributed by atoms with Gasteiger partial charge in [0.05, 0.1) is 6.61 Å². The van der Waals surface area contributed by atoms with Crippen LogP contribution in [0.2, 0.25) is 0 Å². The predicted octanol–water partition coefficient (Wildman–Crippen LogP) is 1.71. The van der Waals surface area contributed by atoms with Gasteiger partial charge in [0, 0.05) is 18.1 Å². The third-order valence-electron chi connectivity index (χ3n) is 3.71. The van der Waals surface area contributed by atoms with E-state index in [-0.39, 0.29) is 5.54 Å². The first-order valence-electron chi connectivity index (χ1n) is 6.93. The summed E-state index contributed by atoms with van der Waals surface area (Å²) in [6, 6.07) is 0.382. The highest BCUT2D eigenvalue weighted by molar-refractivity contribution is 4.85. The fourth-order valence-corrected chi connectivity index (χ4v) is 2.55. The van der Waals surface area contributed by atoms with Gasteiger partial charge in [0.1, 0.15) is 0 Å². The molecule has 0 aromatic heterocycles. The lowest BCUT2D eigenvalue weighted by Gasteiger charge is -2.29. The molecule has 1 saturated heterocycles. The van der Waals surface area contributed by atoms with Gasteiger partial charge in [-0.1, -0.05) is 13.8 Å². The van der Waals surface area contributed by atoms with E-state index in [2.05, 4.69) is 44.8 Å². The minimum absolute atomic E-state index is 0.197. The van der Waals surface area contributed by atoms with Crippen molar-refractivity contribution < 1.29 is 5.11 Å². The van der Waals surface area contributed by atoms with Crippen molar-refractivity contribution in [3.63, 3.8) is 0 Å². The summed E-state index contributed by atoms with van der Waals surface area (Å²) in [5.41, 5.74) is 0.197. The molecule has 1 aliphatic heterocycles. The number of nitrogens with one attached hydrogen (secondary N) is 1. The zero-order chi connectivity index (χ0) is 13.1. The molecular formula is C14H30N2O. The molecule has 3 unspecified atom stereocenters. The monoisotopic (exact) mass is 242 g/mol. The molecule has 0 bridgehead atoms. The maximum atomic E-state index is 9.42. The average Bonchev–Trinajstić information content (AvgIpc) is 2.55. The summed E-state index contributed by atoms with van der Waals surface area (Å²) in [7, 11) is 0. The molecule has 1 rings (SSSR count). The van der Waals surface area contributed by atoms with Crippen LogP contribution in [-0.4, -0.2) is 47.8 Å². The van der Waals surface area contributed by atoms with Gasteiger partial charge in [-0.3, -0.25) is 4.90 Å². The van der Waals surface area contributed by atoms with Crippen molar-refractivity contribution in [3.8, 4) is 0 Å². The Morgan fingerprint density at radius 2 is 2.06 bits per heavy atom. The molecule has 3 heteroatoms. The SMILES string of the molecule is CC(CNC(C)(C)C)CN1CCC(C)C1CO. The first-order chi connectivity index (χ1) is 7.83. The molecule has 2 N–H and O–H groups in total. The molecule has 0 saturated carbocycles. The summed E-state index contributed by atoms with van der Waals surface area (Å²) >= 11 is 0. The van der Waals surface area contributed by atoms with E-state index in [0.29, 0.717) is 24.5 Å². The summed E-state index contributed by atoms with van der Waals surface area (Å²) in [5, 5.41) is 13.0. The van der Waals surface area contributed by atoms with Crippen molar-refractivity contribution in [2.45, 2.75) is 52.6 Å². The highest BCUT2D eigenvalue weighted by Crippen LogP contribution is 2.24. The Balaban J connectivity index is 2.33. The summed E-state index contributed by atoms with van der Waals surface area (Å²) in [5.74, 6) is 1.27. The van der Waals surface area contributed by atoms with Gasteiger partial charge >= 0.3 is 0 Å². The van der Waals surface area contributed by atoms with Crippen LogP contribution in [0.25, 0.3) is 0 Å². The number of nitrogens with zero attached hydrogens (tertiary/aromatic N) is 1. The molecule has 1 fully saturated rings. The average molecular weight is 242 g/mol. The van der Waals surface area contributed by atoms with E-state index in [1.165, 1.54) is 6.42 Å². The van der Waals surface area contributed by atoms with Crippen molar-refractivity contribution in [1.29, 1.82) is 0 Å². The van der Waals surface area contributed by atoms with Crippen LogP contribution in [0, 0.1) is 11.8 Å². The smallest absolute Gasteiger partial charge is 0.0589 e. The molecule has 0 spiro atoms. The van der Waals surface area contributed by atoms with E-state index in [1.54, 1.807) is 0 Å². The summed E-state index contributed by atoms with van der Waals surface area (Å²) < 4.78 is 0. The molecule has 0 radical (unpaired) electrons. The van der Waals surface area contributed by atoms with Crippen molar-refractivity contribution in [1.82, 2.24) is 10.2 Å². The highest BCUT2D eigenvalue weighted by Gasteiger charge is 2.31. The van der Waals surface area contributed by atoms with E-state index in [9.17, 15) is 5.11 Å². The summed E-state index contributed by atoms with van der Waals surface area (Å²) in [6.07, 6.45) is 1.23. The van der Waals surface area contributed by atoms with E-state index in [0.717, 1.165) is 19.6 Å². The zero-order valence-electron chi connectivity index (χ0n) is 12.2. The molecule has 0 aliphatic carbocycles. The molecule has 0 amide bonds. The number of rotatable bonds is 5. The maximum Gasteiger partial charge on any atom is 0.0589 e. The zero-order valence-corrected chi connectivity index (χ0v) is 12.2. The number of aliphatic hydroxyl groups is 1. The third-order valence-corrected chi connectivity index (χ3v) is 3.71. The third kappa shape index (κ3) is 4.94. The molecule has 0 aromatic rings. The van der Waals surface area contributed by atoms with Gasteiger partial charge in [0.25, 0.3) is 0 Å². The van der Waals surface area contributed by atoms with Crippen LogP contribution < -0.4 is 5.32 Å². The van der Waals surface area contributed by atoms with E-state index in [4.69, 9.17) is 0 Å². The van der Waals surface area contributed by atoms with Gasteiger partial charge < -0.3 is 10.4 Å². The summed E-state index contributed by atoms with van der Waals surface area (Å²) in [6.45, 7) is 14.7. The fourth-order valence-electron chi connectivity index (χ4n) is 2.55. The number of hydrogen-bond acceptors (Lipinski definition) is 3. The van der Waals surface area contributed by atoms with Crippen LogP contribution in [0.3, 0.4) is 0 Å². The van der Waals surface area contributed by atoms with Crippen molar-refractivity contribution >= 4 is 0 Å². The molecule has 17 heavy (non-hydrogen) atoms. The molecule has 3 nitrogen and oxygen atoms in total. The van der Waals surface area contributed by atoms with E-state index in [1.807, 2.05) is 0 Å². The first kappa shape index (κ1) is 14.9. The topological polar surface area (TPSA) is 35.5 Å². The van der Waals surface area contributed by atoms with Crippen LogP contribution in [0.15, 0.2) is 0 Å². The second kappa shape index (κ2) is 6.17. The first-order valence-corrected chi connectivity index (χ1v) is 6.93. The van der Waals surface area contributed by atoms with Crippen LogP contribution in [-0.2, 0) is 0 Å². The van der Waals surface area contributed by atoms with E-state index < -0.39 is 0 Å². The van der Waals surface area contributed by atoms with Crippen molar-refractivity contribution in [2.75, 3.05) is 26.2 Å². The van der Waals surface area contributed by atoms with Crippen LogP contribution in [0.1, 0.15) is 41.0 Å². The highest BCUT2D eigenvalue weighted by atomic mass is 16.3. The van der Waals surface area contributed by atoms with Gasteiger partial charge in [-0.25, -0.2) is 0 Å². The molecule has 3 atom stereocenters. The Morgan fingerprint density at radius 1 is 1.41 bits per heavy atom. The standard InChI is InChI=1S/C14H30N2O/c1-11(8-15-14(3,4)5)9-16-7-6-12(2)13(16)10-17/h11-13,15,17H,6-10H2,1-5H3. The largest absolute Gasteiger partial charge is 0.395 e. The van der Waals surface area contributed by atoms with Crippen LogP contribution in [0.4, 0.5) is 0 Å². The molecule has 1 aliphatic rings. The minimum Gasteiger partial charge on any atom is -0.395 e. The quantitative estimate of drug-likeness (QED) is 0.770. The van der Waals surface area contributed by atoms with Gasteiger partial charge in [-0.15, -0.1) is 0 Å². The molecule has 1 heterocycles. The van der Waals surface area contributed by atoms with Crippen molar-refractivity contribution in [2.24, 2.45) is 11.8 Å². The van der Waals surface area contributed by atoms with Gasteiger partial charge in [0.15, 0.2) is 0 Å². The number of aliphatic hydroxyl groups excluding tert-OH is 1. The Bertz CT molecular complexity index is 225. The van der Waals surface area contributed by atoms with E-state index >= 15 is 0 Å². The molecular weight excluding hydrogens is 212 g/mol. The van der Waals surface area contributed by atoms with Gasteiger partial charge in [0.2, 0.25) is 0 Å². The second-order valence-electron chi connectivity index (χ2n) is 6.75. The molecule has 0 aromatic carbocycles. The van der Waals surface area contributed by atoms with Crippen LogP contribution >= 0.6 is 0 Å². The Morgan fingerprint density at radius 3 is 2.59 bits per heavy atom. The fraction of sp³-hybridized carbons (Fsp3) is 1.00. The lowest BCUT2D eigenvalue weighted by atomic mass is 10.0. The number of hydrogen-bond donors (Lipinski definition) is 2. The predicted molar refractivity (Wildman–Crippen MR) is 73.1 cm³/mol. The molecule has 102 valence electrons. The lowest BCUT2D eigenvalue weighted by Crippen LogP contribution is -2.43. The second-order valence-corrected chi connectivity index (χ2v) is 6.75. The summed E-state index contributed by atoms with van der Waals surface area (Å²) in [4.78, 5) is 2.46. The van der Waals surface area contributed by atoms with Gasteiger partial charge in [-0.2, -0.15) is 0 Å². The Hall–Kier alpha value is -0.120. The van der Waals surface area contributed by atoms with Crippen LogP contribution in [0.5, 0.6) is 0 Å². The number of likely N-dealkylation sites (tertiary alicyclic amines) is 1. The maximum absolute atomic E-state index is 9.42.